The molecule has 31 heavy (non-hydrogen) atoms. The van der Waals surface area contributed by atoms with E-state index in [2.05, 4.69) is 21.4 Å². The molecule has 4 rings (SSSR count). The lowest BCUT2D eigenvalue weighted by Gasteiger charge is -2.12. The fourth-order valence-corrected chi connectivity index (χ4v) is 3.25. The Balaban J connectivity index is 1.45. The van der Waals surface area contributed by atoms with Crippen molar-refractivity contribution in [3.05, 3.63) is 106 Å². The van der Waals surface area contributed by atoms with Crippen LogP contribution in [0.5, 0.6) is 5.75 Å². The summed E-state index contributed by atoms with van der Waals surface area (Å²) in [4.78, 5) is 37.5. The van der Waals surface area contributed by atoms with Crippen LogP contribution in [0.1, 0.15) is 21.5 Å². The lowest BCUT2D eigenvalue weighted by Crippen LogP contribution is -2.41. The fraction of sp³-hybridized carbons (Fsp3) is 0.0417. The highest BCUT2D eigenvalue weighted by Crippen LogP contribution is 2.20. The van der Waals surface area contributed by atoms with Gasteiger partial charge in [0.25, 0.3) is 17.7 Å². The van der Waals surface area contributed by atoms with Gasteiger partial charge in [-0.25, -0.2) is 0 Å². The van der Waals surface area contributed by atoms with E-state index in [0.29, 0.717) is 17.9 Å². The van der Waals surface area contributed by atoms with Crippen molar-refractivity contribution in [2.75, 3.05) is 0 Å². The zero-order chi connectivity index (χ0) is 21.8. The van der Waals surface area contributed by atoms with E-state index in [1.54, 1.807) is 48.5 Å². The third-order valence-corrected chi connectivity index (χ3v) is 5.15. The second kappa shape index (κ2) is 8.97. The van der Waals surface area contributed by atoms with Crippen molar-refractivity contribution in [1.29, 1.82) is 0 Å². The Morgan fingerprint density at radius 1 is 0.935 bits per heavy atom. The number of imide groups is 1. The number of rotatable bonds is 5. The van der Waals surface area contributed by atoms with Gasteiger partial charge in [0, 0.05) is 10.0 Å². The molecule has 1 aliphatic rings. The molecule has 7 heteroatoms. The molecule has 3 aromatic carbocycles. The molecule has 1 heterocycles. The Bertz CT molecular complexity index is 1160. The van der Waals surface area contributed by atoms with Gasteiger partial charge in [-0.05, 0) is 53.6 Å². The number of amides is 3. The van der Waals surface area contributed by atoms with Crippen molar-refractivity contribution in [1.82, 2.24) is 10.4 Å². The summed E-state index contributed by atoms with van der Waals surface area (Å²) in [6.45, 7) is 0.440. The van der Waals surface area contributed by atoms with Crippen molar-refractivity contribution in [3.8, 4) is 5.75 Å². The minimum Gasteiger partial charge on any atom is -0.489 e. The summed E-state index contributed by atoms with van der Waals surface area (Å²) in [5.41, 5.74) is 4.20. The summed E-state index contributed by atoms with van der Waals surface area (Å²) in [6.07, 6.45) is 1.45. The standard InChI is InChI=1S/C24H17BrN2O4/c25-19-10-8-18(9-11-19)23(29)27-24(30)21(22(28)26-27)14-16-6-12-20(13-7-16)31-15-17-4-2-1-3-5-17/h1-14H,15H2,(H,26,28)/b21-14+. The quantitative estimate of drug-likeness (QED) is 0.341. The highest BCUT2D eigenvalue weighted by molar-refractivity contribution is 9.10. The zero-order valence-electron chi connectivity index (χ0n) is 16.2. The van der Waals surface area contributed by atoms with Crippen molar-refractivity contribution in [2.45, 2.75) is 6.61 Å². The highest BCUT2D eigenvalue weighted by atomic mass is 79.9. The number of nitrogens with one attached hydrogen (secondary N) is 1. The summed E-state index contributed by atoms with van der Waals surface area (Å²) >= 11 is 3.29. The number of carbonyl (C=O) groups is 3. The maximum absolute atomic E-state index is 12.6. The predicted molar refractivity (Wildman–Crippen MR) is 119 cm³/mol. The van der Waals surface area contributed by atoms with Gasteiger partial charge in [0.2, 0.25) is 0 Å². The molecule has 0 aliphatic carbocycles. The third kappa shape index (κ3) is 4.73. The molecule has 1 fully saturated rings. The monoisotopic (exact) mass is 476 g/mol. The lowest BCUT2D eigenvalue weighted by molar-refractivity contribution is -0.125. The SMILES string of the molecule is O=C1NN(C(=O)c2ccc(Br)cc2)C(=O)/C1=C/c1ccc(OCc2ccccc2)cc1. The number of hydrogen-bond acceptors (Lipinski definition) is 4. The van der Waals surface area contributed by atoms with E-state index in [9.17, 15) is 14.4 Å². The van der Waals surface area contributed by atoms with Crippen LogP contribution in [0, 0.1) is 0 Å². The Labute approximate surface area is 187 Å². The number of ether oxygens (including phenoxy) is 1. The highest BCUT2D eigenvalue weighted by Gasteiger charge is 2.37. The number of hydrazine groups is 1. The molecule has 154 valence electrons. The minimum absolute atomic E-state index is 0.108. The first-order chi connectivity index (χ1) is 15.0. The van der Waals surface area contributed by atoms with Gasteiger partial charge in [0.15, 0.2) is 0 Å². The van der Waals surface area contributed by atoms with Gasteiger partial charge >= 0.3 is 0 Å². The number of hydrogen-bond donors (Lipinski definition) is 1. The van der Waals surface area contributed by atoms with Crippen LogP contribution in [0.25, 0.3) is 6.08 Å². The molecular weight excluding hydrogens is 460 g/mol. The van der Waals surface area contributed by atoms with Gasteiger partial charge in [-0.15, -0.1) is 0 Å². The first kappa shape index (κ1) is 20.6. The average molecular weight is 477 g/mol. The zero-order valence-corrected chi connectivity index (χ0v) is 17.8. The molecule has 0 aromatic heterocycles. The second-order valence-corrected chi connectivity index (χ2v) is 7.71. The van der Waals surface area contributed by atoms with Crippen LogP contribution in [0.3, 0.4) is 0 Å². The van der Waals surface area contributed by atoms with E-state index in [-0.39, 0.29) is 11.1 Å². The maximum atomic E-state index is 12.6. The molecule has 0 atom stereocenters. The van der Waals surface area contributed by atoms with E-state index >= 15 is 0 Å². The average Bonchev–Trinajstić information content (AvgIpc) is 3.07. The molecule has 0 saturated carbocycles. The second-order valence-electron chi connectivity index (χ2n) is 6.79. The summed E-state index contributed by atoms with van der Waals surface area (Å²) in [5.74, 6) is -1.25. The van der Waals surface area contributed by atoms with Crippen LogP contribution >= 0.6 is 15.9 Å². The number of nitrogens with zero attached hydrogens (tertiary/aromatic N) is 1. The van der Waals surface area contributed by atoms with E-state index in [1.165, 1.54) is 6.08 Å². The number of benzene rings is 3. The molecule has 0 radical (unpaired) electrons. The number of carbonyl (C=O) groups excluding carboxylic acids is 3. The van der Waals surface area contributed by atoms with Gasteiger partial charge in [0.1, 0.15) is 17.9 Å². The van der Waals surface area contributed by atoms with Crippen molar-refractivity contribution in [3.63, 3.8) is 0 Å². The topological polar surface area (TPSA) is 75.7 Å². The van der Waals surface area contributed by atoms with E-state index in [4.69, 9.17) is 4.74 Å². The molecular formula is C24H17BrN2O4. The van der Waals surface area contributed by atoms with Crippen LogP contribution < -0.4 is 10.2 Å². The van der Waals surface area contributed by atoms with Gasteiger partial charge in [0.05, 0.1) is 0 Å². The largest absolute Gasteiger partial charge is 0.489 e. The number of halogens is 1. The lowest BCUT2D eigenvalue weighted by atomic mass is 10.1. The van der Waals surface area contributed by atoms with Crippen molar-refractivity contribution < 1.29 is 19.1 Å². The minimum atomic E-state index is -0.692. The first-order valence-corrected chi connectivity index (χ1v) is 10.2. The van der Waals surface area contributed by atoms with Crippen molar-refractivity contribution in [2.24, 2.45) is 0 Å². The van der Waals surface area contributed by atoms with Crippen molar-refractivity contribution >= 4 is 39.7 Å². The van der Waals surface area contributed by atoms with Crippen LogP contribution in [0.2, 0.25) is 0 Å². The Morgan fingerprint density at radius 3 is 2.29 bits per heavy atom. The fourth-order valence-electron chi connectivity index (χ4n) is 2.99. The van der Waals surface area contributed by atoms with Crippen LogP contribution in [-0.2, 0) is 16.2 Å². The van der Waals surface area contributed by atoms with E-state index in [1.807, 2.05) is 30.3 Å². The van der Waals surface area contributed by atoms with Gasteiger partial charge in [-0.3, -0.25) is 19.8 Å². The maximum Gasteiger partial charge on any atom is 0.285 e. The van der Waals surface area contributed by atoms with Crippen LogP contribution in [-0.4, -0.2) is 22.7 Å². The summed E-state index contributed by atoms with van der Waals surface area (Å²) < 4.78 is 6.55. The normalized spacial score (nSPS) is 14.6. The van der Waals surface area contributed by atoms with Gasteiger partial charge in [-0.2, -0.15) is 5.01 Å². The first-order valence-electron chi connectivity index (χ1n) is 9.45. The van der Waals surface area contributed by atoms with Crippen LogP contribution in [0.15, 0.2) is 88.9 Å². The Kier molecular flexibility index (Phi) is 5.95. The van der Waals surface area contributed by atoms with Crippen LogP contribution in [0.4, 0.5) is 0 Å². The molecule has 3 amide bonds. The van der Waals surface area contributed by atoms with Gasteiger partial charge < -0.3 is 4.74 Å². The smallest absolute Gasteiger partial charge is 0.285 e. The predicted octanol–water partition coefficient (Wildman–Crippen LogP) is 4.13. The van der Waals surface area contributed by atoms with E-state index < -0.39 is 17.7 Å². The molecule has 1 saturated heterocycles. The molecule has 3 aromatic rings. The molecule has 1 N–H and O–H groups in total. The summed E-state index contributed by atoms with van der Waals surface area (Å²) in [5, 5.41) is 0.731. The molecule has 0 spiro atoms. The summed E-state index contributed by atoms with van der Waals surface area (Å²) in [7, 11) is 0. The van der Waals surface area contributed by atoms with E-state index in [0.717, 1.165) is 15.0 Å². The Morgan fingerprint density at radius 2 is 1.61 bits per heavy atom. The Hall–Kier alpha value is -3.71. The molecule has 0 bridgehead atoms. The third-order valence-electron chi connectivity index (χ3n) is 4.63. The molecule has 6 nitrogen and oxygen atoms in total. The molecule has 1 aliphatic heterocycles. The molecule has 0 unspecified atom stereocenters. The van der Waals surface area contributed by atoms with Gasteiger partial charge in [-0.1, -0.05) is 58.4 Å². The summed E-state index contributed by atoms with van der Waals surface area (Å²) in [6, 6.07) is 23.3.